The first kappa shape index (κ1) is 26.3. The molecule has 2 atom stereocenters. The molecule has 0 aliphatic carbocycles. The molecule has 2 aromatic rings. The topological polar surface area (TPSA) is 136 Å². The van der Waals surface area contributed by atoms with E-state index in [2.05, 4.69) is 5.10 Å². The predicted octanol–water partition coefficient (Wildman–Crippen LogP) is 3.50. The second-order valence-corrected chi connectivity index (χ2v) is 8.99. The van der Waals surface area contributed by atoms with Gasteiger partial charge < -0.3 is 9.47 Å². The van der Waals surface area contributed by atoms with Crippen LogP contribution in [0.4, 0.5) is 11.4 Å². The number of amidine groups is 1. The van der Waals surface area contributed by atoms with Crippen LogP contribution in [-0.4, -0.2) is 43.6 Å². The Bertz CT molecular complexity index is 1440. The Morgan fingerprint density at radius 1 is 1.03 bits per heavy atom. The number of hydrogen-bond donors (Lipinski definition) is 1. The highest BCUT2D eigenvalue weighted by Gasteiger charge is 2.65. The summed E-state index contributed by atoms with van der Waals surface area (Å²) >= 11 is 0. The molecule has 0 saturated carbocycles. The van der Waals surface area contributed by atoms with E-state index in [-0.39, 0.29) is 11.4 Å². The number of carbonyl (C=O) groups is 3. The summed E-state index contributed by atoms with van der Waals surface area (Å²) in [5.74, 6) is -4.44. The number of methoxy groups -OCH3 is 2. The van der Waals surface area contributed by atoms with Crippen molar-refractivity contribution in [3.8, 4) is 6.07 Å². The molecule has 2 aliphatic rings. The van der Waals surface area contributed by atoms with Crippen LogP contribution in [0.25, 0.3) is 0 Å². The maximum atomic E-state index is 13.9. The third-order valence-corrected chi connectivity index (χ3v) is 6.84. The van der Waals surface area contributed by atoms with Gasteiger partial charge in [-0.1, -0.05) is 36.8 Å². The maximum Gasteiger partial charge on any atom is 0.355 e. The molecule has 0 fully saturated rings. The van der Waals surface area contributed by atoms with Crippen LogP contribution in [0.5, 0.6) is 0 Å². The molecule has 10 nitrogen and oxygen atoms in total. The van der Waals surface area contributed by atoms with E-state index in [9.17, 15) is 25.1 Å². The van der Waals surface area contributed by atoms with Crippen molar-refractivity contribution in [2.24, 2.45) is 16.4 Å². The Balaban J connectivity index is 1.96. The average molecular weight is 514 g/mol. The molecule has 38 heavy (non-hydrogen) atoms. The van der Waals surface area contributed by atoms with E-state index >= 15 is 0 Å². The van der Waals surface area contributed by atoms with Crippen LogP contribution >= 0.6 is 0 Å². The maximum absolute atomic E-state index is 13.9. The van der Waals surface area contributed by atoms with Crippen molar-refractivity contribution in [3.63, 3.8) is 0 Å². The summed E-state index contributed by atoms with van der Waals surface area (Å²) in [6, 6.07) is 16.1. The molecule has 2 heterocycles. The molecule has 1 N–H and O–H groups in total. The van der Waals surface area contributed by atoms with Gasteiger partial charge in [-0.15, -0.1) is 0 Å². The fourth-order valence-corrected chi connectivity index (χ4v) is 4.88. The number of hydrazone groups is 1. The fourth-order valence-electron chi connectivity index (χ4n) is 4.88. The van der Waals surface area contributed by atoms with Crippen molar-refractivity contribution < 1.29 is 23.9 Å². The third kappa shape index (κ3) is 3.84. The van der Waals surface area contributed by atoms with Gasteiger partial charge in [-0.2, -0.15) is 10.4 Å². The molecule has 194 valence electrons. The van der Waals surface area contributed by atoms with E-state index in [0.717, 1.165) is 36.8 Å². The summed E-state index contributed by atoms with van der Waals surface area (Å²) in [7, 11) is 2.23. The largest absolute Gasteiger partial charge is 0.466 e. The monoisotopic (exact) mass is 513 g/mol. The number of hydrogen-bond acceptors (Lipinski definition) is 8. The molecule has 0 aromatic heterocycles. The van der Waals surface area contributed by atoms with Crippen LogP contribution in [-0.2, 0) is 30.3 Å². The summed E-state index contributed by atoms with van der Waals surface area (Å²) in [5, 5.41) is 25.4. The highest BCUT2D eigenvalue weighted by atomic mass is 16.5. The lowest BCUT2D eigenvalue weighted by atomic mass is 9.68. The standard InChI is InChI=1S/C28H27N5O5/c1-6-18-9-13-19(14-10-18)32-23(26(36)38-5)22(25(35)37-4)28(15-29,27(32)30)21-17(3)31-33(24(21)34)20-11-7-16(2)8-12-20/h7-14,21,30H,6H2,1-5H3. The SMILES string of the molecule is CCc1ccc(N2C(=N)C(C#N)(C3C(=O)N(c4ccc(C)cc4)N=C3C)C(C(=O)OC)=C2C(=O)OC)cc1. The van der Waals surface area contributed by atoms with Gasteiger partial charge in [0.1, 0.15) is 17.5 Å². The second-order valence-electron chi connectivity index (χ2n) is 8.99. The second kappa shape index (κ2) is 9.94. The number of nitrogens with zero attached hydrogens (tertiary/aromatic N) is 4. The molecule has 10 heteroatoms. The van der Waals surface area contributed by atoms with Crippen LogP contribution in [0.1, 0.15) is 25.0 Å². The van der Waals surface area contributed by atoms with Crippen molar-refractivity contribution in [3.05, 3.63) is 70.9 Å². The Kier molecular flexibility index (Phi) is 6.87. The normalized spacial score (nSPS) is 20.9. The molecule has 2 unspecified atom stereocenters. The zero-order chi connectivity index (χ0) is 27.8. The molecule has 0 bridgehead atoms. The number of nitriles is 1. The molecular weight excluding hydrogens is 486 g/mol. The number of aryl methyl sites for hydroxylation is 2. The summed E-state index contributed by atoms with van der Waals surface area (Å²) < 4.78 is 9.98. The minimum absolute atomic E-state index is 0.204. The van der Waals surface area contributed by atoms with Crippen LogP contribution in [0, 0.1) is 35.0 Å². The highest BCUT2D eigenvalue weighted by Crippen LogP contribution is 2.51. The van der Waals surface area contributed by atoms with E-state index in [0.29, 0.717) is 11.4 Å². The van der Waals surface area contributed by atoms with Gasteiger partial charge in [-0.3, -0.25) is 15.1 Å². The van der Waals surface area contributed by atoms with E-state index in [4.69, 9.17) is 9.47 Å². The number of rotatable bonds is 6. The van der Waals surface area contributed by atoms with Crippen LogP contribution in [0.15, 0.2) is 64.9 Å². The molecule has 0 spiro atoms. The van der Waals surface area contributed by atoms with Crippen molar-refractivity contribution >= 4 is 40.8 Å². The van der Waals surface area contributed by atoms with Gasteiger partial charge in [0.2, 0.25) is 0 Å². The minimum atomic E-state index is -2.22. The van der Waals surface area contributed by atoms with Crippen LogP contribution in [0.2, 0.25) is 0 Å². The number of amides is 1. The van der Waals surface area contributed by atoms with Gasteiger partial charge in [0, 0.05) is 5.69 Å². The zero-order valence-corrected chi connectivity index (χ0v) is 21.7. The highest BCUT2D eigenvalue weighted by molar-refractivity contribution is 6.28. The quantitative estimate of drug-likeness (QED) is 0.584. The number of carbonyl (C=O) groups excluding carboxylic acids is 3. The van der Waals surface area contributed by atoms with Gasteiger partial charge in [0.15, 0.2) is 5.41 Å². The summed E-state index contributed by atoms with van der Waals surface area (Å²) in [6.45, 7) is 5.44. The van der Waals surface area contributed by atoms with Crippen LogP contribution in [0.3, 0.4) is 0 Å². The summed E-state index contributed by atoms with van der Waals surface area (Å²) in [4.78, 5) is 41.5. The van der Waals surface area contributed by atoms with Gasteiger partial charge in [0.25, 0.3) is 5.91 Å². The Morgan fingerprint density at radius 2 is 1.61 bits per heavy atom. The summed E-state index contributed by atoms with van der Waals surface area (Å²) in [5.41, 5.74) is -0.0229. The van der Waals surface area contributed by atoms with Gasteiger partial charge in [-0.25, -0.2) is 14.6 Å². The molecule has 0 radical (unpaired) electrons. The van der Waals surface area contributed by atoms with Crippen molar-refractivity contribution in [1.82, 2.24) is 0 Å². The lowest BCUT2D eigenvalue weighted by Gasteiger charge is -2.30. The van der Waals surface area contributed by atoms with E-state index in [1.54, 1.807) is 31.2 Å². The number of benzene rings is 2. The zero-order valence-electron chi connectivity index (χ0n) is 21.7. The average Bonchev–Trinajstić information content (AvgIpc) is 3.38. The predicted molar refractivity (Wildman–Crippen MR) is 140 cm³/mol. The Morgan fingerprint density at radius 3 is 2.13 bits per heavy atom. The van der Waals surface area contributed by atoms with Gasteiger partial charge >= 0.3 is 11.9 Å². The van der Waals surface area contributed by atoms with E-state index < -0.39 is 40.6 Å². The lowest BCUT2D eigenvalue weighted by molar-refractivity contribution is -0.139. The first-order valence-electron chi connectivity index (χ1n) is 11.9. The van der Waals surface area contributed by atoms with Crippen molar-refractivity contribution in [1.29, 1.82) is 10.7 Å². The van der Waals surface area contributed by atoms with Crippen LogP contribution < -0.4 is 9.91 Å². The molecule has 2 aromatic carbocycles. The first-order valence-corrected chi connectivity index (χ1v) is 11.9. The lowest BCUT2D eigenvalue weighted by Crippen LogP contribution is -2.48. The molecule has 2 aliphatic heterocycles. The van der Waals surface area contributed by atoms with Crippen molar-refractivity contribution in [2.45, 2.75) is 27.2 Å². The fraction of sp³-hybridized carbons (Fsp3) is 0.286. The molecule has 4 rings (SSSR count). The van der Waals surface area contributed by atoms with E-state index in [1.807, 2.05) is 44.2 Å². The number of anilines is 2. The molecule has 0 saturated heterocycles. The number of ether oxygens (including phenoxy) is 2. The third-order valence-electron chi connectivity index (χ3n) is 6.84. The summed E-state index contributed by atoms with van der Waals surface area (Å²) in [6.07, 6.45) is 0.758. The minimum Gasteiger partial charge on any atom is -0.466 e. The molecule has 1 amide bonds. The molecular formula is C28H27N5O5. The number of nitrogens with one attached hydrogen (secondary N) is 1. The Hall–Kier alpha value is -4.78. The number of esters is 2. The first-order chi connectivity index (χ1) is 18.2. The van der Waals surface area contributed by atoms with Crippen molar-refractivity contribution in [2.75, 3.05) is 24.1 Å². The van der Waals surface area contributed by atoms with Gasteiger partial charge in [0.05, 0.1) is 37.3 Å². The van der Waals surface area contributed by atoms with Gasteiger partial charge in [-0.05, 0) is 50.1 Å². The smallest absolute Gasteiger partial charge is 0.355 e. The Labute approximate surface area is 220 Å². The van der Waals surface area contributed by atoms with E-state index in [1.165, 1.54) is 4.90 Å².